The molecule has 221 valence electrons. The fourth-order valence-corrected chi connectivity index (χ4v) is 1.78. The van der Waals surface area contributed by atoms with Gasteiger partial charge in [-0.15, -0.1) is 0 Å². The van der Waals surface area contributed by atoms with Crippen molar-refractivity contribution in [1.29, 1.82) is 0 Å². The van der Waals surface area contributed by atoms with Crippen molar-refractivity contribution in [2.45, 2.75) is 0 Å². The van der Waals surface area contributed by atoms with E-state index in [1.54, 1.807) is 24.8 Å². The molecule has 1 N–H and O–H groups in total. The van der Waals surface area contributed by atoms with E-state index in [1.165, 1.54) is 0 Å². The van der Waals surface area contributed by atoms with Crippen molar-refractivity contribution >= 4 is 12.4 Å². The molecule has 0 unspecified atom stereocenters. The molecule has 0 aromatic carbocycles. The maximum Gasteiger partial charge on any atom is 3.00 e. The number of hydrogen-bond donors (Lipinski definition) is 1. The molecule has 19 nitrogen and oxygen atoms in total. The van der Waals surface area contributed by atoms with Crippen LogP contribution >= 0.6 is 0 Å². The molecule has 2 rings (SSSR count). The second-order valence-corrected chi connectivity index (χ2v) is 5.48. The van der Waals surface area contributed by atoms with E-state index in [0.717, 1.165) is 18.5 Å². The number of hydrogen-bond acceptors (Lipinski definition) is 16. The van der Waals surface area contributed by atoms with Gasteiger partial charge in [0.15, 0.2) is 0 Å². The predicted molar refractivity (Wildman–Crippen MR) is 134 cm³/mol. The normalized spacial score (nSPS) is 9.08. The summed E-state index contributed by atoms with van der Waals surface area (Å²) >= 11 is 0. The monoisotopic (exact) mass is 710 g/mol. The number of rotatable bonds is 11. The Morgan fingerprint density at radius 2 is 1.00 bits per heavy atom. The summed E-state index contributed by atoms with van der Waals surface area (Å²) in [5, 5.41) is 51.2. The Kier molecular flexibility index (Phi) is 37.4. The molecule has 0 aliphatic heterocycles. The zero-order valence-electron chi connectivity index (χ0n) is 20.4. The zero-order valence-corrected chi connectivity index (χ0v) is 22.2. The molecule has 0 fully saturated rings. The van der Waals surface area contributed by atoms with E-state index in [1.807, 2.05) is 36.4 Å². The van der Waals surface area contributed by atoms with Gasteiger partial charge in [-0.3, -0.25) is 20.0 Å². The van der Waals surface area contributed by atoms with Gasteiger partial charge in [0, 0.05) is 31.9 Å². The summed E-state index contributed by atoms with van der Waals surface area (Å²) in [5.41, 5.74) is 1.71. The van der Waals surface area contributed by atoms with Crippen molar-refractivity contribution in [3.63, 3.8) is 0 Å². The first-order chi connectivity index (χ1) is 18.1. The van der Waals surface area contributed by atoms with Crippen LogP contribution in [0.2, 0.25) is 0 Å². The number of pyridine rings is 2. The van der Waals surface area contributed by atoms with Crippen LogP contribution in [0.4, 0.5) is 0 Å². The largest absolute Gasteiger partial charge is 3.00 e. The van der Waals surface area contributed by atoms with Gasteiger partial charge in [-0.05, 0) is 24.3 Å². The van der Waals surface area contributed by atoms with Gasteiger partial charge in [0.2, 0.25) is 0 Å². The van der Waals surface area contributed by atoms with Gasteiger partial charge < -0.3 is 60.5 Å². The molecule has 2 heterocycles. The Labute approximate surface area is 251 Å². The first kappa shape index (κ1) is 42.5. The van der Waals surface area contributed by atoms with Gasteiger partial charge >= 0.3 is 37.3 Å². The van der Waals surface area contributed by atoms with Crippen molar-refractivity contribution in [2.75, 3.05) is 46.6 Å². The van der Waals surface area contributed by atoms with Crippen LogP contribution in [0.5, 0.6) is 0 Å². The van der Waals surface area contributed by atoms with Gasteiger partial charge in [0.25, 0.3) is 0 Å². The molecule has 0 amide bonds. The van der Waals surface area contributed by atoms with E-state index in [0.29, 0.717) is 39.5 Å². The Hall–Kier alpha value is -3.63. The second-order valence-electron chi connectivity index (χ2n) is 5.48. The number of aromatic nitrogens is 2. The minimum absolute atomic E-state index is 0. The summed E-state index contributed by atoms with van der Waals surface area (Å²) in [4.78, 5) is 41.6. The van der Waals surface area contributed by atoms with Crippen molar-refractivity contribution < 1.29 is 67.1 Å². The summed E-state index contributed by atoms with van der Waals surface area (Å²) < 4.78 is 10.9. The average Bonchev–Trinajstić information content (AvgIpc) is 2.86. The van der Waals surface area contributed by atoms with E-state index in [9.17, 15) is 0 Å². The summed E-state index contributed by atoms with van der Waals surface area (Å²) in [5.74, 6) is 0. The average molecular weight is 712 g/mol. The topological polar surface area (TPSA) is 288 Å². The number of aliphatic hydroxyl groups excluding tert-OH is 1. The Morgan fingerprint density at radius 1 is 0.692 bits per heavy atom. The molecule has 20 heteroatoms. The van der Waals surface area contributed by atoms with Crippen molar-refractivity contribution in [3.8, 4) is 0 Å². The summed E-state index contributed by atoms with van der Waals surface area (Å²) in [7, 11) is 1.00. The molecule has 0 bridgehead atoms. The minimum atomic E-state index is -1.75. The molecule has 39 heavy (non-hydrogen) atoms. The van der Waals surface area contributed by atoms with Crippen LogP contribution in [-0.2, 0) is 9.47 Å². The number of aliphatic hydroxyl groups is 1. The smallest absolute Gasteiger partial charge is 0.400 e. The molecule has 0 aliphatic carbocycles. The molecular formula is C19H26ErN7O12. The molecule has 1 radical (unpaired) electrons. The third-order valence-corrected chi connectivity index (χ3v) is 2.92. The number of nitrogens with zero attached hydrogens (tertiary/aromatic N) is 7. The van der Waals surface area contributed by atoms with Crippen LogP contribution in [0, 0.1) is 83.3 Å². The Balaban J connectivity index is -0.000000341. The fraction of sp³-hybridized carbons (Fsp3) is 0.368. The van der Waals surface area contributed by atoms with Crippen LogP contribution in [0.1, 0.15) is 11.4 Å². The molecule has 0 spiro atoms. The minimum Gasteiger partial charge on any atom is -0.400 e. The van der Waals surface area contributed by atoms with Gasteiger partial charge in [0.05, 0.1) is 66.2 Å². The second kappa shape index (κ2) is 34.4. The van der Waals surface area contributed by atoms with E-state index in [-0.39, 0.29) is 37.3 Å². The van der Waals surface area contributed by atoms with Crippen LogP contribution in [-0.4, -0.2) is 89.4 Å². The van der Waals surface area contributed by atoms with Gasteiger partial charge in [0.1, 0.15) is 0 Å². The van der Waals surface area contributed by atoms with Crippen molar-refractivity contribution in [3.05, 3.63) is 106 Å². The van der Waals surface area contributed by atoms with Gasteiger partial charge in [-0.25, -0.2) is 0 Å². The predicted octanol–water partition coefficient (Wildman–Crippen LogP) is 0.939. The maximum absolute atomic E-state index is 8.25. The molecular weight excluding hydrogens is 686 g/mol. The first-order valence-corrected chi connectivity index (χ1v) is 10.0. The number of ether oxygens (including phenoxy) is 2. The number of aliphatic imine (C=N–C) groups is 2. The van der Waals surface area contributed by atoms with E-state index in [4.69, 9.17) is 60.5 Å². The van der Waals surface area contributed by atoms with E-state index >= 15 is 0 Å². The zero-order chi connectivity index (χ0) is 29.4. The Bertz CT molecular complexity index is 801. The SMILES string of the molecule is C(=NCCOCCOCCN=Cc1ccccn1)c1ccccn1.CO.O=[N+]([O-])[O-].O=[N+]([O-])[O-].O=[N+]([O-])[O-].[Er+3]. The Morgan fingerprint density at radius 3 is 1.26 bits per heavy atom. The molecule has 2 aromatic heterocycles. The maximum atomic E-state index is 8.25. The molecule has 2 aromatic rings. The molecule has 0 saturated carbocycles. The molecule has 0 saturated heterocycles. The fourth-order valence-electron chi connectivity index (χ4n) is 1.78. The van der Waals surface area contributed by atoms with Crippen molar-refractivity contribution in [2.24, 2.45) is 9.98 Å². The van der Waals surface area contributed by atoms with E-state index in [2.05, 4.69) is 20.0 Å². The van der Waals surface area contributed by atoms with Crippen LogP contribution < -0.4 is 0 Å². The quantitative estimate of drug-likeness (QED) is 0.147. The molecule has 0 aliphatic rings. The third kappa shape index (κ3) is 48.1. The summed E-state index contributed by atoms with van der Waals surface area (Å²) in [6, 6.07) is 11.4. The summed E-state index contributed by atoms with van der Waals surface area (Å²) in [6.07, 6.45) is 6.99. The van der Waals surface area contributed by atoms with Crippen molar-refractivity contribution in [1.82, 2.24) is 9.97 Å². The van der Waals surface area contributed by atoms with Gasteiger partial charge in [-0.2, -0.15) is 0 Å². The third-order valence-electron chi connectivity index (χ3n) is 2.92. The molecule has 0 atom stereocenters. The summed E-state index contributed by atoms with van der Waals surface area (Å²) in [6.45, 7) is 3.50. The van der Waals surface area contributed by atoms with Gasteiger partial charge in [-0.1, -0.05) is 12.1 Å². The van der Waals surface area contributed by atoms with Crippen LogP contribution in [0.15, 0.2) is 58.8 Å². The standard InChI is InChI=1S/C18H22N4O2.CH4O.Er.3NO3/c1-3-7-21-17(5-1)15-19-9-11-23-13-14-24-12-10-20-16-18-6-2-4-8-22-18;1-2;;3*2-1(3)4/h1-8,15-16H,9-14H2;2H,1H3;;;;/q;;+3;3*-1. The first-order valence-electron chi connectivity index (χ1n) is 10.0. The van der Waals surface area contributed by atoms with Crippen LogP contribution in [0.25, 0.3) is 0 Å². The van der Waals surface area contributed by atoms with E-state index < -0.39 is 15.3 Å². The van der Waals surface area contributed by atoms with Crippen LogP contribution in [0.3, 0.4) is 0 Å².